The summed E-state index contributed by atoms with van der Waals surface area (Å²) in [5.41, 5.74) is -0.322. The van der Waals surface area contributed by atoms with E-state index in [2.05, 4.69) is 15.7 Å². The predicted octanol–water partition coefficient (Wildman–Crippen LogP) is 5.07. The van der Waals surface area contributed by atoms with E-state index in [4.69, 9.17) is 4.74 Å². The van der Waals surface area contributed by atoms with Crippen molar-refractivity contribution in [3.63, 3.8) is 0 Å². The number of benzene rings is 2. The molecule has 0 spiro atoms. The summed E-state index contributed by atoms with van der Waals surface area (Å²) in [6, 6.07) is 10.9. The Kier molecular flexibility index (Phi) is 6.99. The summed E-state index contributed by atoms with van der Waals surface area (Å²) < 4.78 is 45.5. The van der Waals surface area contributed by atoms with Crippen molar-refractivity contribution in [2.24, 2.45) is 0 Å². The molecule has 180 valence electrons. The molecule has 2 N–H and O–H groups in total. The van der Waals surface area contributed by atoms with Gasteiger partial charge in [0.25, 0.3) is 11.8 Å². The number of hydrogen-bond donors (Lipinski definition) is 2. The lowest BCUT2D eigenvalue weighted by Crippen LogP contribution is -2.42. The number of nitrogens with one attached hydrogen (secondary N) is 2. The van der Waals surface area contributed by atoms with Crippen molar-refractivity contribution in [3.05, 3.63) is 71.5 Å². The molecule has 0 fully saturated rings. The largest absolute Gasteiger partial charge is 0.493 e. The van der Waals surface area contributed by atoms with Crippen LogP contribution in [-0.4, -0.2) is 34.2 Å². The summed E-state index contributed by atoms with van der Waals surface area (Å²) >= 11 is 0. The average Bonchev–Trinajstić information content (AvgIpc) is 3.23. The average molecular weight is 474 g/mol. The molecule has 0 saturated carbocycles. The van der Waals surface area contributed by atoms with Crippen LogP contribution in [0.1, 0.15) is 53.6 Å². The van der Waals surface area contributed by atoms with Gasteiger partial charge in [-0.2, -0.15) is 18.3 Å². The molecule has 1 aromatic heterocycles. The lowest BCUT2D eigenvalue weighted by Gasteiger charge is -2.24. The first-order valence-electron chi connectivity index (χ1n) is 10.5. The van der Waals surface area contributed by atoms with Gasteiger partial charge in [0.2, 0.25) is 0 Å². The summed E-state index contributed by atoms with van der Waals surface area (Å²) in [5.74, 6) is -0.758. The standard InChI is InChI=1S/C24H25F3N4O3/c1-5-23(2,3)29-21(32)15-9-11-17(12-10-15)28-22(33)20-19(34-4)14-31(30-20)18-8-6-7-16(13-18)24(25,26)27/h6-14H,5H2,1-4H3,(H,28,33)(H,29,32). The smallest absolute Gasteiger partial charge is 0.416 e. The Balaban J connectivity index is 1.78. The van der Waals surface area contributed by atoms with Crippen LogP contribution in [0.5, 0.6) is 5.75 Å². The Hall–Kier alpha value is -3.82. The molecule has 34 heavy (non-hydrogen) atoms. The van der Waals surface area contributed by atoms with E-state index >= 15 is 0 Å². The molecule has 0 aliphatic heterocycles. The second-order valence-electron chi connectivity index (χ2n) is 8.26. The van der Waals surface area contributed by atoms with E-state index in [1.54, 1.807) is 24.3 Å². The fourth-order valence-corrected chi connectivity index (χ4v) is 2.98. The molecule has 0 atom stereocenters. The molecule has 0 unspecified atom stereocenters. The molecular weight excluding hydrogens is 449 g/mol. The number of amides is 2. The van der Waals surface area contributed by atoms with E-state index in [1.165, 1.54) is 25.4 Å². The normalized spacial score (nSPS) is 11.7. The van der Waals surface area contributed by atoms with Gasteiger partial charge >= 0.3 is 6.18 Å². The third-order valence-electron chi connectivity index (χ3n) is 5.29. The van der Waals surface area contributed by atoms with Crippen LogP contribution in [0.4, 0.5) is 18.9 Å². The maximum absolute atomic E-state index is 13.0. The minimum Gasteiger partial charge on any atom is -0.493 e. The first kappa shape index (κ1) is 24.8. The molecule has 7 nitrogen and oxygen atoms in total. The van der Waals surface area contributed by atoms with E-state index in [1.807, 2.05) is 20.8 Å². The third-order valence-corrected chi connectivity index (χ3v) is 5.29. The van der Waals surface area contributed by atoms with Gasteiger partial charge in [-0.05, 0) is 62.7 Å². The number of rotatable bonds is 7. The van der Waals surface area contributed by atoms with Crippen LogP contribution < -0.4 is 15.4 Å². The second-order valence-corrected chi connectivity index (χ2v) is 8.26. The van der Waals surface area contributed by atoms with Crippen LogP contribution in [0, 0.1) is 0 Å². The molecule has 1 heterocycles. The Bertz CT molecular complexity index is 1180. The number of alkyl halides is 3. The van der Waals surface area contributed by atoms with Gasteiger partial charge < -0.3 is 15.4 Å². The predicted molar refractivity (Wildman–Crippen MR) is 121 cm³/mol. The summed E-state index contributed by atoms with van der Waals surface area (Å²) in [5, 5.41) is 9.70. The van der Waals surface area contributed by atoms with Crippen LogP contribution in [0.15, 0.2) is 54.7 Å². The molecule has 2 aromatic carbocycles. The van der Waals surface area contributed by atoms with Crippen molar-refractivity contribution in [1.29, 1.82) is 0 Å². The number of aromatic nitrogens is 2. The van der Waals surface area contributed by atoms with Gasteiger partial charge in [-0.1, -0.05) is 13.0 Å². The first-order valence-corrected chi connectivity index (χ1v) is 10.5. The minimum atomic E-state index is -4.51. The van der Waals surface area contributed by atoms with Gasteiger partial charge in [-0.15, -0.1) is 0 Å². The van der Waals surface area contributed by atoms with E-state index in [0.717, 1.165) is 23.2 Å². The second kappa shape index (κ2) is 9.58. The number of anilines is 1. The van der Waals surface area contributed by atoms with Crippen LogP contribution in [-0.2, 0) is 6.18 Å². The number of hydrogen-bond acceptors (Lipinski definition) is 4. The molecule has 3 rings (SSSR count). The van der Waals surface area contributed by atoms with Crippen molar-refractivity contribution < 1.29 is 27.5 Å². The highest BCUT2D eigenvalue weighted by Crippen LogP contribution is 2.31. The lowest BCUT2D eigenvalue weighted by molar-refractivity contribution is -0.137. The van der Waals surface area contributed by atoms with Gasteiger partial charge in [-0.25, -0.2) is 4.68 Å². The Labute approximate surface area is 194 Å². The quantitative estimate of drug-likeness (QED) is 0.501. The topological polar surface area (TPSA) is 85.3 Å². The van der Waals surface area contributed by atoms with Crippen molar-refractivity contribution in [3.8, 4) is 11.4 Å². The van der Waals surface area contributed by atoms with Crippen molar-refractivity contribution in [2.45, 2.75) is 38.9 Å². The van der Waals surface area contributed by atoms with Gasteiger partial charge in [0, 0.05) is 16.8 Å². The van der Waals surface area contributed by atoms with E-state index in [9.17, 15) is 22.8 Å². The zero-order valence-electron chi connectivity index (χ0n) is 19.2. The molecule has 0 aliphatic carbocycles. The highest BCUT2D eigenvalue weighted by atomic mass is 19.4. The fraction of sp³-hybridized carbons (Fsp3) is 0.292. The first-order chi connectivity index (χ1) is 15.9. The highest BCUT2D eigenvalue weighted by molar-refractivity contribution is 6.05. The van der Waals surface area contributed by atoms with Gasteiger partial charge in [0.15, 0.2) is 11.4 Å². The SMILES string of the molecule is CCC(C)(C)NC(=O)c1ccc(NC(=O)c2nn(-c3cccc(C(F)(F)F)c3)cc2OC)cc1. The zero-order chi connectivity index (χ0) is 25.1. The number of carbonyl (C=O) groups excluding carboxylic acids is 2. The van der Waals surface area contributed by atoms with E-state index < -0.39 is 17.6 Å². The number of ether oxygens (including phenoxy) is 1. The van der Waals surface area contributed by atoms with Crippen LogP contribution in [0.2, 0.25) is 0 Å². The van der Waals surface area contributed by atoms with Gasteiger partial charge in [0.05, 0.1) is 24.6 Å². The van der Waals surface area contributed by atoms with Gasteiger partial charge in [-0.3, -0.25) is 9.59 Å². The van der Waals surface area contributed by atoms with Gasteiger partial charge in [0.1, 0.15) is 0 Å². The third kappa shape index (κ3) is 5.75. The summed E-state index contributed by atoms with van der Waals surface area (Å²) in [7, 11) is 1.33. The van der Waals surface area contributed by atoms with Crippen LogP contribution in [0.3, 0.4) is 0 Å². The monoisotopic (exact) mass is 474 g/mol. The maximum atomic E-state index is 13.0. The summed E-state index contributed by atoms with van der Waals surface area (Å²) in [4.78, 5) is 25.2. The molecule has 3 aromatic rings. The fourth-order valence-electron chi connectivity index (χ4n) is 2.98. The highest BCUT2D eigenvalue weighted by Gasteiger charge is 2.31. The molecule has 10 heteroatoms. The Morgan fingerprint density at radius 2 is 1.74 bits per heavy atom. The zero-order valence-corrected chi connectivity index (χ0v) is 19.2. The molecule has 0 saturated heterocycles. The van der Waals surface area contributed by atoms with Crippen molar-refractivity contribution >= 4 is 17.5 Å². The minimum absolute atomic E-state index is 0.0905. The van der Waals surface area contributed by atoms with Crippen LogP contribution >= 0.6 is 0 Å². The van der Waals surface area contributed by atoms with E-state index in [0.29, 0.717) is 11.3 Å². The molecular formula is C24H25F3N4O3. The lowest BCUT2D eigenvalue weighted by atomic mass is 10.0. The number of carbonyl (C=O) groups is 2. The molecule has 2 amide bonds. The molecule has 0 aliphatic rings. The Morgan fingerprint density at radius 3 is 2.32 bits per heavy atom. The van der Waals surface area contributed by atoms with Crippen LogP contribution in [0.25, 0.3) is 5.69 Å². The number of methoxy groups -OCH3 is 1. The maximum Gasteiger partial charge on any atom is 0.416 e. The molecule has 0 radical (unpaired) electrons. The Morgan fingerprint density at radius 1 is 1.06 bits per heavy atom. The molecule has 0 bridgehead atoms. The summed E-state index contributed by atoms with van der Waals surface area (Å²) in [6.07, 6.45) is -2.42. The number of nitrogens with zero attached hydrogens (tertiary/aromatic N) is 2. The number of halogens is 3. The van der Waals surface area contributed by atoms with Crippen molar-refractivity contribution in [2.75, 3.05) is 12.4 Å². The summed E-state index contributed by atoms with van der Waals surface area (Å²) in [6.45, 7) is 5.82. The van der Waals surface area contributed by atoms with Crippen molar-refractivity contribution in [1.82, 2.24) is 15.1 Å². The van der Waals surface area contributed by atoms with E-state index in [-0.39, 0.29) is 28.6 Å².